The van der Waals surface area contributed by atoms with E-state index in [1.165, 1.54) is 6.07 Å². The van der Waals surface area contributed by atoms with Gasteiger partial charge in [-0.1, -0.05) is 18.2 Å². The van der Waals surface area contributed by atoms with Crippen molar-refractivity contribution in [1.82, 2.24) is 5.32 Å². The minimum atomic E-state index is -0.243. The summed E-state index contributed by atoms with van der Waals surface area (Å²) < 4.78 is 13.9. The molecule has 0 unspecified atom stereocenters. The Kier molecular flexibility index (Phi) is 7.62. The summed E-state index contributed by atoms with van der Waals surface area (Å²) >= 11 is 0. The van der Waals surface area contributed by atoms with E-state index in [1.54, 1.807) is 18.2 Å². The number of nitrogens with one attached hydrogen (secondary N) is 1. The minimum Gasteiger partial charge on any atom is -0.396 e. The average molecular weight is 278 g/mol. The lowest BCUT2D eigenvalue weighted by atomic mass is 10.1. The third kappa shape index (κ3) is 5.15. The van der Waals surface area contributed by atoms with E-state index in [9.17, 15) is 4.39 Å². The van der Waals surface area contributed by atoms with Crippen LogP contribution in [0, 0.1) is 5.82 Å². The highest BCUT2D eigenvalue weighted by Crippen LogP contribution is 2.21. The number of halogens is 1. The highest BCUT2D eigenvalue weighted by atomic mass is 19.1. The molecule has 20 heavy (non-hydrogen) atoms. The molecule has 4 heteroatoms. The van der Waals surface area contributed by atoms with Gasteiger partial charge in [0.25, 0.3) is 0 Å². The maximum atomic E-state index is 13.9. The number of benzene rings is 1. The van der Waals surface area contributed by atoms with Gasteiger partial charge in [-0.15, -0.1) is 13.2 Å². The molecule has 0 amide bonds. The zero-order valence-corrected chi connectivity index (χ0v) is 11.8. The van der Waals surface area contributed by atoms with Crippen molar-refractivity contribution in [3.63, 3.8) is 0 Å². The molecule has 0 bridgehead atoms. The van der Waals surface area contributed by atoms with Gasteiger partial charge in [-0.05, 0) is 30.7 Å². The van der Waals surface area contributed by atoms with E-state index in [-0.39, 0.29) is 12.4 Å². The van der Waals surface area contributed by atoms with Crippen LogP contribution in [0.2, 0.25) is 0 Å². The van der Waals surface area contributed by atoms with Gasteiger partial charge >= 0.3 is 0 Å². The standard InChI is InChI=1S/C16H23FN2O/c1-3-9-19(10-4-2)16-12-14(6-7-15(16)17)13-18-8-5-11-20/h3-4,6-7,12,18,20H,1-2,5,8-11,13H2. The maximum Gasteiger partial charge on any atom is 0.146 e. The van der Waals surface area contributed by atoms with Gasteiger partial charge < -0.3 is 15.3 Å². The molecule has 1 aromatic rings. The number of hydrogen-bond acceptors (Lipinski definition) is 3. The van der Waals surface area contributed by atoms with Gasteiger partial charge in [0.2, 0.25) is 0 Å². The van der Waals surface area contributed by atoms with E-state index >= 15 is 0 Å². The molecule has 0 aliphatic rings. The SMILES string of the molecule is C=CCN(CC=C)c1cc(CNCCCO)ccc1F. The van der Waals surface area contributed by atoms with Crippen LogP contribution in [0.4, 0.5) is 10.1 Å². The number of nitrogens with zero attached hydrogens (tertiary/aromatic N) is 1. The van der Waals surface area contributed by atoms with E-state index < -0.39 is 0 Å². The second kappa shape index (κ2) is 9.28. The van der Waals surface area contributed by atoms with Crippen molar-refractivity contribution < 1.29 is 9.50 Å². The van der Waals surface area contributed by atoms with Crippen LogP contribution in [-0.4, -0.2) is 31.3 Å². The second-order valence-corrected chi connectivity index (χ2v) is 4.52. The lowest BCUT2D eigenvalue weighted by Crippen LogP contribution is -2.24. The maximum absolute atomic E-state index is 13.9. The fourth-order valence-corrected chi connectivity index (χ4v) is 1.93. The fraction of sp³-hybridized carbons (Fsp3) is 0.375. The van der Waals surface area contributed by atoms with Gasteiger partial charge in [-0.2, -0.15) is 0 Å². The van der Waals surface area contributed by atoms with E-state index in [0.29, 0.717) is 31.7 Å². The summed E-state index contributed by atoms with van der Waals surface area (Å²) in [5.41, 5.74) is 1.57. The summed E-state index contributed by atoms with van der Waals surface area (Å²) in [5, 5.41) is 11.9. The normalized spacial score (nSPS) is 10.3. The molecule has 0 fully saturated rings. The third-order valence-electron chi connectivity index (χ3n) is 2.89. The van der Waals surface area contributed by atoms with Crippen LogP contribution in [0.15, 0.2) is 43.5 Å². The van der Waals surface area contributed by atoms with Crippen LogP contribution in [0.25, 0.3) is 0 Å². The molecule has 0 radical (unpaired) electrons. The summed E-state index contributed by atoms with van der Waals surface area (Å²) in [5.74, 6) is -0.243. The summed E-state index contributed by atoms with van der Waals surface area (Å²) in [6.45, 7) is 10.1. The summed E-state index contributed by atoms with van der Waals surface area (Å²) in [6, 6.07) is 5.09. The summed E-state index contributed by atoms with van der Waals surface area (Å²) in [6.07, 6.45) is 4.21. The van der Waals surface area contributed by atoms with E-state index in [0.717, 1.165) is 12.1 Å². The van der Waals surface area contributed by atoms with Gasteiger partial charge in [0.15, 0.2) is 0 Å². The Morgan fingerprint density at radius 2 is 1.95 bits per heavy atom. The molecule has 3 nitrogen and oxygen atoms in total. The monoisotopic (exact) mass is 278 g/mol. The number of rotatable bonds is 10. The van der Waals surface area contributed by atoms with E-state index in [1.807, 2.05) is 11.0 Å². The van der Waals surface area contributed by atoms with Crippen molar-refractivity contribution in [1.29, 1.82) is 0 Å². The lowest BCUT2D eigenvalue weighted by molar-refractivity contribution is 0.286. The van der Waals surface area contributed by atoms with Crippen molar-refractivity contribution in [2.45, 2.75) is 13.0 Å². The zero-order valence-electron chi connectivity index (χ0n) is 11.8. The Bertz CT molecular complexity index is 424. The zero-order chi connectivity index (χ0) is 14.8. The van der Waals surface area contributed by atoms with Crippen molar-refractivity contribution in [3.05, 3.63) is 54.9 Å². The number of aliphatic hydroxyl groups is 1. The van der Waals surface area contributed by atoms with E-state index in [2.05, 4.69) is 18.5 Å². The van der Waals surface area contributed by atoms with Gasteiger partial charge in [-0.3, -0.25) is 0 Å². The fourth-order valence-electron chi connectivity index (χ4n) is 1.93. The van der Waals surface area contributed by atoms with Gasteiger partial charge in [0.05, 0.1) is 5.69 Å². The molecule has 0 heterocycles. The van der Waals surface area contributed by atoms with Crippen LogP contribution in [0.3, 0.4) is 0 Å². The number of anilines is 1. The van der Waals surface area contributed by atoms with Crippen LogP contribution >= 0.6 is 0 Å². The molecule has 1 aromatic carbocycles. The van der Waals surface area contributed by atoms with E-state index in [4.69, 9.17) is 5.11 Å². The smallest absolute Gasteiger partial charge is 0.146 e. The third-order valence-corrected chi connectivity index (χ3v) is 2.89. The molecular weight excluding hydrogens is 255 g/mol. The highest BCUT2D eigenvalue weighted by Gasteiger charge is 2.10. The van der Waals surface area contributed by atoms with Gasteiger partial charge in [-0.25, -0.2) is 4.39 Å². The first-order valence-corrected chi connectivity index (χ1v) is 6.79. The van der Waals surface area contributed by atoms with Crippen LogP contribution in [-0.2, 0) is 6.54 Å². The van der Waals surface area contributed by atoms with Crippen molar-refractivity contribution in [2.75, 3.05) is 31.1 Å². The molecule has 0 spiro atoms. The Labute approximate surface area is 120 Å². The summed E-state index contributed by atoms with van der Waals surface area (Å²) in [4.78, 5) is 1.88. The molecule has 0 aliphatic carbocycles. The first-order valence-electron chi connectivity index (χ1n) is 6.79. The molecule has 2 N–H and O–H groups in total. The number of hydrogen-bond donors (Lipinski definition) is 2. The largest absolute Gasteiger partial charge is 0.396 e. The molecule has 0 saturated heterocycles. The Morgan fingerprint density at radius 3 is 2.55 bits per heavy atom. The minimum absolute atomic E-state index is 0.175. The first kappa shape index (κ1) is 16.4. The molecule has 1 rings (SSSR count). The average Bonchev–Trinajstić information content (AvgIpc) is 2.45. The molecular formula is C16H23FN2O. The predicted molar refractivity (Wildman–Crippen MR) is 82.4 cm³/mol. The van der Waals surface area contributed by atoms with Crippen molar-refractivity contribution in [3.8, 4) is 0 Å². The summed E-state index contributed by atoms with van der Waals surface area (Å²) in [7, 11) is 0. The molecule has 0 aromatic heterocycles. The van der Waals surface area contributed by atoms with Crippen LogP contribution in [0.5, 0.6) is 0 Å². The van der Waals surface area contributed by atoms with Crippen LogP contribution in [0.1, 0.15) is 12.0 Å². The molecule has 0 atom stereocenters. The Hall–Kier alpha value is -1.65. The Balaban J connectivity index is 2.78. The highest BCUT2D eigenvalue weighted by molar-refractivity contribution is 5.51. The van der Waals surface area contributed by atoms with Crippen molar-refractivity contribution in [2.24, 2.45) is 0 Å². The first-order chi connectivity index (χ1) is 9.72. The number of aliphatic hydroxyl groups excluding tert-OH is 1. The van der Waals surface area contributed by atoms with Gasteiger partial charge in [0, 0.05) is 26.2 Å². The van der Waals surface area contributed by atoms with Crippen LogP contribution < -0.4 is 10.2 Å². The molecule has 0 aliphatic heterocycles. The molecule has 0 saturated carbocycles. The lowest BCUT2D eigenvalue weighted by Gasteiger charge is -2.23. The second-order valence-electron chi connectivity index (χ2n) is 4.52. The predicted octanol–water partition coefficient (Wildman–Crippen LogP) is 2.48. The van der Waals surface area contributed by atoms with Crippen molar-refractivity contribution >= 4 is 5.69 Å². The van der Waals surface area contributed by atoms with Gasteiger partial charge in [0.1, 0.15) is 5.82 Å². The topological polar surface area (TPSA) is 35.5 Å². The Morgan fingerprint density at radius 1 is 1.25 bits per heavy atom. The quantitative estimate of drug-likeness (QED) is 0.510. The molecule has 110 valence electrons.